The molecule has 0 saturated heterocycles. The van der Waals surface area contributed by atoms with E-state index in [0.29, 0.717) is 36.2 Å². The van der Waals surface area contributed by atoms with Gasteiger partial charge in [0.25, 0.3) is 0 Å². The SMILES string of the molecule is CCOC(=O)c1ccc(-n2ccc(OC(C3CC3)C3CC3)n2)nc1Cl. The van der Waals surface area contributed by atoms with E-state index in [1.807, 2.05) is 6.07 Å². The Balaban J connectivity index is 1.49. The first-order valence-corrected chi connectivity index (χ1v) is 9.10. The molecule has 0 bridgehead atoms. The molecule has 25 heavy (non-hydrogen) atoms. The topological polar surface area (TPSA) is 66.2 Å². The number of esters is 1. The molecule has 2 saturated carbocycles. The maximum Gasteiger partial charge on any atom is 0.341 e. The normalized spacial score (nSPS) is 16.9. The van der Waals surface area contributed by atoms with E-state index in [4.69, 9.17) is 21.1 Å². The molecule has 2 aromatic rings. The lowest BCUT2D eigenvalue weighted by Crippen LogP contribution is -2.21. The molecular weight excluding hydrogens is 342 g/mol. The number of carbonyl (C=O) groups excluding carboxylic acids is 1. The van der Waals surface area contributed by atoms with Gasteiger partial charge >= 0.3 is 5.97 Å². The van der Waals surface area contributed by atoms with Gasteiger partial charge in [0.2, 0.25) is 5.88 Å². The van der Waals surface area contributed by atoms with Crippen molar-refractivity contribution in [1.29, 1.82) is 0 Å². The van der Waals surface area contributed by atoms with Crippen molar-refractivity contribution in [2.75, 3.05) is 6.61 Å². The van der Waals surface area contributed by atoms with Crippen LogP contribution in [0.3, 0.4) is 0 Å². The van der Waals surface area contributed by atoms with Crippen LogP contribution in [0.2, 0.25) is 5.15 Å². The number of rotatable bonds is 7. The molecule has 0 aliphatic heterocycles. The molecule has 2 heterocycles. The van der Waals surface area contributed by atoms with Gasteiger partial charge in [-0.2, -0.15) is 0 Å². The summed E-state index contributed by atoms with van der Waals surface area (Å²) in [5, 5.41) is 4.55. The quantitative estimate of drug-likeness (QED) is 0.556. The molecule has 2 aliphatic carbocycles. The third-order valence-electron chi connectivity index (χ3n) is 4.56. The van der Waals surface area contributed by atoms with Crippen LogP contribution in [0.4, 0.5) is 0 Å². The molecule has 2 aliphatic rings. The van der Waals surface area contributed by atoms with Crippen LogP contribution >= 0.6 is 11.6 Å². The van der Waals surface area contributed by atoms with Gasteiger partial charge in [0.1, 0.15) is 11.3 Å². The highest BCUT2D eigenvalue weighted by atomic mass is 35.5. The van der Waals surface area contributed by atoms with Crippen molar-refractivity contribution in [1.82, 2.24) is 14.8 Å². The minimum atomic E-state index is -0.479. The van der Waals surface area contributed by atoms with Gasteiger partial charge in [0.15, 0.2) is 5.82 Å². The van der Waals surface area contributed by atoms with Crippen molar-refractivity contribution >= 4 is 17.6 Å². The fourth-order valence-corrected chi connectivity index (χ4v) is 3.20. The van der Waals surface area contributed by atoms with Gasteiger partial charge in [-0.15, -0.1) is 5.10 Å². The largest absolute Gasteiger partial charge is 0.473 e. The zero-order valence-electron chi connectivity index (χ0n) is 14.0. The molecule has 0 atom stereocenters. The maximum absolute atomic E-state index is 11.8. The van der Waals surface area contributed by atoms with Crippen molar-refractivity contribution in [3.8, 4) is 11.7 Å². The Hall–Kier alpha value is -2.08. The lowest BCUT2D eigenvalue weighted by molar-refractivity contribution is 0.0526. The molecule has 0 aromatic carbocycles. The number of hydrogen-bond donors (Lipinski definition) is 0. The Morgan fingerprint density at radius 1 is 1.28 bits per heavy atom. The first-order chi connectivity index (χ1) is 12.2. The van der Waals surface area contributed by atoms with E-state index >= 15 is 0 Å². The van der Waals surface area contributed by atoms with Crippen molar-refractivity contribution < 1.29 is 14.3 Å². The molecular formula is C18H20ClN3O3. The molecule has 0 radical (unpaired) electrons. The van der Waals surface area contributed by atoms with Crippen LogP contribution in [0, 0.1) is 11.8 Å². The third kappa shape index (κ3) is 3.63. The van der Waals surface area contributed by atoms with E-state index in [-0.39, 0.29) is 10.7 Å². The number of carbonyl (C=O) groups is 1. The van der Waals surface area contributed by atoms with E-state index < -0.39 is 5.97 Å². The lowest BCUT2D eigenvalue weighted by atomic mass is 10.1. The van der Waals surface area contributed by atoms with Gasteiger partial charge in [-0.3, -0.25) is 0 Å². The van der Waals surface area contributed by atoms with Crippen molar-refractivity contribution in [2.45, 2.75) is 38.7 Å². The number of ether oxygens (including phenoxy) is 2. The zero-order chi connectivity index (χ0) is 17.4. The molecule has 2 fully saturated rings. The molecule has 0 N–H and O–H groups in total. The Bertz CT molecular complexity index is 772. The molecule has 6 nitrogen and oxygen atoms in total. The molecule has 7 heteroatoms. The number of nitrogens with zero attached hydrogens (tertiary/aromatic N) is 3. The highest BCUT2D eigenvalue weighted by molar-refractivity contribution is 6.32. The number of hydrogen-bond acceptors (Lipinski definition) is 5. The smallest absolute Gasteiger partial charge is 0.341 e. The Morgan fingerprint density at radius 2 is 2.00 bits per heavy atom. The van der Waals surface area contributed by atoms with Crippen LogP contribution in [0.1, 0.15) is 43.0 Å². The van der Waals surface area contributed by atoms with Crippen LogP contribution in [0.5, 0.6) is 5.88 Å². The second-order valence-corrected chi connectivity index (χ2v) is 6.94. The van der Waals surface area contributed by atoms with E-state index in [9.17, 15) is 4.79 Å². The summed E-state index contributed by atoms with van der Waals surface area (Å²) < 4.78 is 12.7. The maximum atomic E-state index is 11.8. The monoisotopic (exact) mass is 361 g/mol. The highest BCUT2D eigenvalue weighted by Crippen LogP contribution is 2.46. The Labute approximate surface area is 151 Å². The lowest BCUT2D eigenvalue weighted by Gasteiger charge is -2.15. The van der Waals surface area contributed by atoms with Crippen LogP contribution in [0.25, 0.3) is 5.82 Å². The zero-order valence-corrected chi connectivity index (χ0v) is 14.8. The van der Waals surface area contributed by atoms with Crippen LogP contribution in [-0.4, -0.2) is 33.4 Å². The van der Waals surface area contributed by atoms with Crippen molar-refractivity contribution in [2.24, 2.45) is 11.8 Å². The minimum Gasteiger partial charge on any atom is -0.473 e. The molecule has 2 aromatic heterocycles. The summed E-state index contributed by atoms with van der Waals surface area (Å²) in [6.07, 6.45) is 7.12. The molecule has 4 rings (SSSR count). The van der Waals surface area contributed by atoms with Gasteiger partial charge in [-0.1, -0.05) is 11.6 Å². The second kappa shape index (κ2) is 6.67. The summed E-state index contributed by atoms with van der Waals surface area (Å²) >= 11 is 6.12. The highest BCUT2D eigenvalue weighted by Gasteiger charge is 2.43. The second-order valence-electron chi connectivity index (χ2n) is 6.58. The number of pyridine rings is 1. The van der Waals surface area contributed by atoms with Gasteiger partial charge < -0.3 is 9.47 Å². The van der Waals surface area contributed by atoms with Crippen LogP contribution < -0.4 is 4.74 Å². The van der Waals surface area contributed by atoms with E-state index in [1.54, 1.807) is 29.9 Å². The van der Waals surface area contributed by atoms with Crippen LogP contribution in [0.15, 0.2) is 24.4 Å². The van der Waals surface area contributed by atoms with Crippen molar-refractivity contribution in [3.63, 3.8) is 0 Å². The van der Waals surface area contributed by atoms with Gasteiger partial charge in [-0.05, 0) is 56.6 Å². The average molecular weight is 362 g/mol. The summed E-state index contributed by atoms with van der Waals surface area (Å²) in [5.74, 6) is 2.04. The Kier molecular flexibility index (Phi) is 4.37. The first kappa shape index (κ1) is 16.4. The van der Waals surface area contributed by atoms with E-state index in [0.717, 1.165) is 0 Å². The fraction of sp³-hybridized carbons (Fsp3) is 0.500. The fourth-order valence-electron chi connectivity index (χ4n) is 2.98. The molecule has 0 amide bonds. The van der Waals surface area contributed by atoms with Gasteiger partial charge in [0, 0.05) is 12.3 Å². The third-order valence-corrected chi connectivity index (χ3v) is 4.85. The number of halogens is 1. The predicted molar refractivity (Wildman–Crippen MR) is 92.2 cm³/mol. The standard InChI is InChI=1S/C18H20ClN3O3/c1-2-24-18(23)13-7-8-14(20-17(13)19)22-10-9-15(21-22)25-16(11-3-4-11)12-5-6-12/h7-12,16H,2-6H2,1H3. The van der Waals surface area contributed by atoms with Gasteiger partial charge in [0.05, 0.1) is 12.2 Å². The molecule has 0 unspecified atom stereocenters. The van der Waals surface area contributed by atoms with E-state index in [1.165, 1.54) is 25.7 Å². The summed E-state index contributed by atoms with van der Waals surface area (Å²) in [5.41, 5.74) is 0.249. The Morgan fingerprint density at radius 3 is 2.60 bits per heavy atom. The summed E-state index contributed by atoms with van der Waals surface area (Å²) in [6.45, 7) is 2.04. The summed E-state index contributed by atoms with van der Waals surface area (Å²) in [4.78, 5) is 16.0. The molecule has 0 spiro atoms. The minimum absolute atomic E-state index is 0.0998. The average Bonchev–Trinajstić information content (AvgIpc) is 3.52. The molecule has 132 valence electrons. The summed E-state index contributed by atoms with van der Waals surface area (Å²) in [6, 6.07) is 5.13. The number of aromatic nitrogens is 3. The predicted octanol–water partition coefficient (Wildman–Crippen LogP) is 3.66. The van der Waals surface area contributed by atoms with Crippen molar-refractivity contribution in [3.05, 3.63) is 35.1 Å². The van der Waals surface area contributed by atoms with Crippen LogP contribution in [-0.2, 0) is 4.74 Å². The first-order valence-electron chi connectivity index (χ1n) is 8.72. The summed E-state index contributed by atoms with van der Waals surface area (Å²) in [7, 11) is 0. The van der Waals surface area contributed by atoms with E-state index in [2.05, 4.69) is 10.1 Å². The van der Waals surface area contributed by atoms with Gasteiger partial charge in [-0.25, -0.2) is 14.5 Å².